The Morgan fingerprint density at radius 2 is 2.00 bits per heavy atom. The van der Waals surface area contributed by atoms with E-state index in [1.807, 2.05) is 24.3 Å². The number of halogens is 1. The molecule has 1 rings (SSSR count). The maximum Gasteiger partial charge on any atom is 0.0477 e. The molecule has 0 aliphatic carbocycles. The van der Waals surface area contributed by atoms with Gasteiger partial charge in [0.05, 0.1) is 0 Å². The first kappa shape index (κ1) is 11.5. The Hall–Kier alpha value is -0.570. The van der Waals surface area contributed by atoms with Gasteiger partial charge in [-0.05, 0) is 24.0 Å². The van der Waals surface area contributed by atoms with Crippen LogP contribution in [0.3, 0.4) is 0 Å². The van der Waals surface area contributed by atoms with E-state index in [2.05, 4.69) is 19.3 Å². The molecule has 14 heavy (non-hydrogen) atoms. The first-order valence-corrected chi connectivity index (χ1v) is 5.23. The van der Waals surface area contributed by atoms with Crippen LogP contribution in [0.25, 0.3) is 0 Å². The van der Waals surface area contributed by atoms with E-state index in [9.17, 15) is 0 Å². The topological polar surface area (TPSA) is 38.0 Å². The molecule has 0 saturated heterocycles. The van der Waals surface area contributed by atoms with Crippen LogP contribution < -0.4 is 11.3 Å². The molecule has 0 bridgehead atoms. The van der Waals surface area contributed by atoms with Gasteiger partial charge in [0, 0.05) is 11.1 Å². The second kappa shape index (κ2) is 5.35. The van der Waals surface area contributed by atoms with Gasteiger partial charge in [0.1, 0.15) is 0 Å². The van der Waals surface area contributed by atoms with Crippen LogP contribution in [0.15, 0.2) is 24.3 Å². The summed E-state index contributed by atoms with van der Waals surface area (Å²) in [6.07, 6.45) is 0.986. The maximum absolute atomic E-state index is 6.09. The highest BCUT2D eigenvalue weighted by atomic mass is 35.5. The van der Waals surface area contributed by atoms with Gasteiger partial charge in [-0.15, -0.1) is 0 Å². The van der Waals surface area contributed by atoms with Gasteiger partial charge in [-0.25, -0.2) is 0 Å². The Kier molecular flexibility index (Phi) is 4.39. The van der Waals surface area contributed by atoms with Gasteiger partial charge < -0.3 is 0 Å². The van der Waals surface area contributed by atoms with Gasteiger partial charge >= 0.3 is 0 Å². The van der Waals surface area contributed by atoms with Crippen LogP contribution in [-0.4, -0.2) is 0 Å². The summed E-state index contributed by atoms with van der Waals surface area (Å²) in [4.78, 5) is 0. The normalized spacial score (nSPS) is 13.2. The van der Waals surface area contributed by atoms with Crippen LogP contribution in [-0.2, 0) is 0 Å². The molecule has 0 aromatic heterocycles. The molecule has 0 radical (unpaired) electrons. The Balaban J connectivity index is 2.83. The molecule has 0 aliphatic rings. The van der Waals surface area contributed by atoms with Crippen LogP contribution in [0.5, 0.6) is 0 Å². The average Bonchev–Trinajstić information content (AvgIpc) is 2.15. The Morgan fingerprint density at radius 3 is 2.50 bits per heavy atom. The highest BCUT2D eigenvalue weighted by Gasteiger charge is 2.13. The van der Waals surface area contributed by atoms with Crippen molar-refractivity contribution >= 4 is 11.6 Å². The van der Waals surface area contributed by atoms with Crippen molar-refractivity contribution < 1.29 is 0 Å². The molecular formula is C11H17ClN2. The third-order valence-corrected chi connectivity index (χ3v) is 2.53. The molecule has 3 heteroatoms. The van der Waals surface area contributed by atoms with Crippen LogP contribution in [0.4, 0.5) is 0 Å². The van der Waals surface area contributed by atoms with Crippen molar-refractivity contribution in [2.24, 2.45) is 11.8 Å². The van der Waals surface area contributed by atoms with E-state index < -0.39 is 0 Å². The number of benzene rings is 1. The number of hydrogen-bond acceptors (Lipinski definition) is 2. The minimum atomic E-state index is 0.142. The second-order valence-electron chi connectivity index (χ2n) is 3.87. The summed E-state index contributed by atoms with van der Waals surface area (Å²) in [7, 11) is 0. The van der Waals surface area contributed by atoms with Crippen LogP contribution in [0, 0.1) is 5.92 Å². The minimum absolute atomic E-state index is 0.142. The van der Waals surface area contributed by atoms with Crippen molar-refractivity contribution in [2.45, 2.75) is 26.3 Å². The summed E-state index contributed by atoms with van der Waals surface area (Å²) < 4.78 is 0. The molecule has 0 saturated carbocycles. The first-order valence-electron chi connectivity index (χ1n) is 4.85. The predicted molar refractivity (Wildman–Crippen MR) is 61.0 cm³/mol. The molecule has 78 valence electrons. The van der Waals surface area contributed by atoms with Gasteiger partial charge in [-0.3, -0.25) is 11.3 Å². The van der Waals surface area contributed by atoms with Crippen LogP contribution in [0.2, 0.25) is 5.02 Å². The molecular weight excluding hydrogens is 196 g/mol. The lowest BCUT2D eigenvalue weighted by Crippen LogP contribution is -2.29. The molecule has 0 aliphatic heterocycles. The third kappa shape index (κ3) is 2.98. The molecule has 0 fully saturated rings. The zero-order valence-electron chi connectivity index (χ0n) is 8.63. The molecule has 1 aromatic carbocycles. The van der Waals surface area contributed by atoms with Crippen molar-refractivity contribution in [1.29, 1.82) is 0 Å². The fraction of sp³-hybridized carbons (Fsp3) is 0.455. The van der Waals surface area contributed by atoms with Crippen molar-refractivity contribution in [2.75, 3.05) is 0 Å². The first-order chi connectivity index (χ1) is 6.65. The largest absolute Gasteiger partial charge is 0.271 e. The molecule has 1 aromatic rings. The molecule has 1 unspecified atom stereocenters. The number of nitrogens with one attached hydrogen (secondary N) is 1. The van der Waals surface area contributed by atoms with Crippen LogP contribution in [0.1, 0.15) is 31.9 Å². The summed E-state index contributed by atoms with van der Waals surface area (Å²) >= 11 is 6.09. The van der Waals surface area contributed by atoms with E-state index >= 15 is 0 Å². The zero-order chi connectivity index (χ0) is 10.6. The van der Waals surface area contributed by atoms with E-state index in [4.69, 9.17) is 17.4 Å². The van der Waals surface area contributed by atoms with E-state index in [0.717, 1.165) is 17.0 Å². The van der Waals surface area contributed by atoms with Gasteiger partial charge in [0.2, 0.25) is 0 Å². The predicted octanol–water partition coefficient (Wildman–Crippen LogP) is 2.89. The summed E-state index contributed by atoms with van der Waals surface area (Å²) in [6.45, 7) is 4.34. The maximum atomic E-state index is 6.09. The fourth-order valence-electron chi connectivity index (χ4n) is 1.51. The number of nitrogens with two attached hydrogens (primary N) is 1. The lowest BCUT2D eigenvalue weighted by Gasteiger charge is -2.19. The molecule has 2 nitrogen and oxygen atoms in total. The minimum Gasteiger partial charge on any atom is -0.271 e. The van der Waals surface area contributed by atoms with Gasteiger partial charge in [-0.2, -0.15) is 0 Å². The van der Waals surface area contributed by atoms with E-state index in [0.29, 0.717) is 5.92 Å². The summed E-state index contributed by atoms with van der Waals surface area (Å²) in [5, 5.41) is 0.774. The van der Waals surface area contributed by atoms with Crippen molar-refractivity contribution in [1.82, 2.24) is 5.43 Å². The smallest absolute Gasteiger partial charge is 0.0477 e. The molecule has 0 amide bonds. The van der Waals surface area contributed by atoms with Crippen molar-refractivity contribution in [3.8, 4) is 0 Å². The summed E-state index contributed by atoms with van der Waals surface area (Å²) in [6, 6.07) is 7.95. The Bertz CT molecular complexity index is 286. The second-order valence-corrected chi connectivity index (χ2v) is 4.28. The summed E-state index contributed by atoms with van der Waals surface area (Å²) in [5.74, 6) is 6.10. The Morgan fingerprint density at radius 1 is 1.36 bits per heavy atom. The quantitative estimate of drug-likeness (QED) is 0.595. The van der Waals surface area contributed by atoms with E-state index in [1.54, 1.807) is 0 Å². The number of hydrogen-bond donors (Lipinski definition) is 2. The molecule has 3 N–H and O–H groups in total. The van der Waals surface area contributed by atoms with Crippen LogP contribution >= 0.6 is 11.6 Å². The fourth-order valence-corrected chi connectivity index (χ4v) is 1.78. The Labute approximate surface area is 90.4 Å². The number of rotatable bonds is 4. The number of hydrazine groups is 1. The summed E-state index contributed by atoms with van der Waals surface area (Å²) in [5.41, 5.74) is 3.88. The highest BCUT2D eigenvalue weighted by Crippen LogP contribution is 2.26. The SMILES string of the molecule is CC(C)CC(NN)c1ccccc1Cl. The molecule has 0 spiro atoms. The van der Waals surface area contributed by atoms with Crippen molar-refractivity contribution in [3.63, 3.8) is 0 Å². The standard InChI is InChI=1S/C11H17ClN2/c1-8(2)7-11(14-13)9-5-3-4-6-10(9)12/h3-6,8,11,14H,7,13H2,1-2H3. The van der Waals surface area contributed by atoms with Crippen molar-refractivity contribution in [3.05, 3.63) is 34.9 Å². The van der Waals surface area contributed by atoms with Gasteiger partial charge in [0.15, 0.2) is 0 Å². The average molecular weight is 213 g/mol. The van der Waals surface area contributed by atoms with E-state index in [-0.39, 0.29) is 6.04 Å². The highest BCUT2D eigenvalue weighted by molar-refractivity contribution is 6.31. The lowest BCUT2D eigenvalue weighted by molar-refractivity contribution is 0.438. The molecule has 0 heterocycles. The monoisotopic (exact) mass is 212 g/mol. The van der Waals surface area contributed by atoms with Gasteiger partial charge in [-0.1, -0.05) is 43.6 Å². The third-order valence-electron chi connectivity index (χ3n) is 2.19. The van der Waals surface area contributed by atoms with Gasteiger partial charge in [0.25, 0.3) is 0 Å². The zero-order valence-corrected chi connectivity index (χ0v) is 9.38. The lowest BCUT2D eigenvalue weighted by atomic mass is 9.97. The van der Waals surface area contributed by atoms with E-state index in [1.165, 1.54) is 0 Å². The molecule has 1 atom stereocenters.